The number of nitrogens with zero attached hydrogens (tertiary/aromatic N) is 2. The molecule has 2 aliphatic rings. The first-order valence-electron chi connectivity index (χ1n) is 26.3. The number of anilines is 6. The predicted octanol–water partition coefficient (Wildman–Crippen LogP) is 17.2. The summed E-state index contributed by atoms with van der Waals surface area (Å²) in [4.78, 5) is 5.30. The van der Waals surface area contributed by atoms with Gasteiger partial charge in [-0.25, -0.2) is 0 Å². The van der Waals surface area contributed by atoms with Gasteiger partial charge in [-0.05, 0) is 109 Å². The fourth-order valence-electron chi connectivity index (χ4n) is 11.3. The van der Waals surface area contributed by atoms with E-state index in [2.05, 4.69) is 222 Å². The van der Waals surface area contributed by atoms with E-state index in [4.69, 9.17) is 0 Å². The van der Waals surface area contributed by atoms with Gasteiger partial charge in [0.15, 0.2) is 0 Å². The van der Waals surface area contributed by atoms with Crippen LogP contribution in [0.25, 0.3) is 21.5 Å². The highest BCUT2D eigenvalue weighted by molar-refractivity contribution is 6.90. The molecule has 0 radical (unpaired) electrons. The van der Waals surface area contributed by atoms with E-state index in [1.807, 2.05) is 0 Å². The van der Waals surface area contributed by atoms with Gasteiger partial charge >= 0.3 is 0 Å². The van der Waals surface area contributed by atoms with Crippen molar-refractivity contribution in [3.63, 3.8) is 0 Å². The summed E-state index contributed by atoms with van der Waals surface area (Å²) in [6.07, 6.45) is 13.0. The Morgan fingerprint density at radius 2 is 0.544 bits per heavy atom. The van der Waals surface area contributed by atoms with E-state index >= 15 is 0 Å². The SMILES string of the molecule is C[Si](C)(C)c1ccc(N(c2ccc([Si](C)(C)C)cc2)c2c3ccc(C4CCCCC4)cc3c(N(c3ccc([Si](C)(C)C)cc3)c3ccc([Si](C)(C)C)cc3)c3ccc(C4CCCCC4)cc23)cc1. The largest absolute Gasteiger partial charge is 0.309 e. The second-order valence-electron chi connectivity index (χ2n) is 24.8. The normalized spacial score (nSPS) is 15.8. The van der Waals surface area contributed by atoms with Crippen LogP contribution < -0.4 is 30.5 Å². The first-order valence-corrected chi connectivity index (χ1v) is 40.3. The molecule has 0 atom stereocenters. The molecule has 354 valence electrons. The Labute approximate surface area is 415 Å². The average Bonchev–Trinajstić information content (AvgIpc) is 3.32. The molecule has 0 aromatic heterocycles. The first kappa shape index (κ1) is 48.5. The zero-order valence-corrected chi connectivity index (χ0v) is 47.8. The van der Waals surface area contributed by atoms with Crippen LogP contribution in [0.5, 0.6) is 0 Å². The molecule has 2 aliphatic carbocycles. The Hall–Kier alpha value is -4.47. The van der Waals surface area contributed by atoms with Crippen LogP contribution in [-0.4, -0.2) is 32.3 Å². The Balaban J connectivity index is 1.42. The molecule has 0 aliphatic heterocycles. The molecule has 7 aromatic rings. The summed E-state index contributed by atoms with van der Waals surface area (Å²) in [5.41, 5.74) is 10.5. The number of fused-ring (bicyclic) bond motifs is 2. The van der Waals surface area contributed by atoms with Gasteiger partial charge in [-0.2, -0.15) is 0 Å². The molecule has 0 unspecified atom stereocenters. The fourth-order valence-corrected chi connectivity index (χ4v) is 16.0. The van der Waals surface area contributed by atoms with Crippen LogP contribution in [0.4, 0.5) is 34.1 Å². The number of rotatable bonds is 12. The van der Waals surface area contributed by atoms with Gasteiger partial charge in [0.2, 0.25) is 0 Å². The Morgan fingerprint density at radius 3 is 0.779 bits per heavy atom. The minimum Gasteiger partial charge on any atom is -0.309 e. The van der Waals surface area contributed by atoms with Gasteiger partial charge in [0.25, 0.3) is 0 Å². The molecule has 0 N–H and O–H groups in total. The molecular weight excluding hydrogens is 885 g/mol. The van der Waals surface area contributed by atoms with E-state index in [-0.39, 0.29) is 0 Å². The molecule has 2 fully saturated rings. The van der Waals surface area contributed by atoms with Crippen LogP contribution in [0.3, 0.4) is 0 Å². The van der Waals surface area contributed by atoms with Crippen molar-refractivity contribution in [1.82, 2.24) is 0 Å². The van der Waals surface area contributed by atoms with E-state index in [9.17, 15) is 0 Å². The second kappa shape index (κ2) is 19.0. The van der Waals surface area contributed by atoms with Crippen LogP contribution in [0.1, 0.15) is 87.2 Å². The van der Waals surface area contributed by atoms with Crippen molar-refractivity contribution in [2.24, 2.45) is 0 Å². The van der Waals surface area contributed by atoms with Crippen LogP contribution in [0, 0.1) is 0 Å². The van der Waals surface area contributed by atoms with Gasteiger partial charge < -0.3 is 9.80 Å². The Morgan fingerprint density at radius 1 is 0.294 bits per heavy atom. The molecule has 0 bridgehead atoms. The molecule has 6 heteroatoms. The van der Waals surface area contributed by atoms with Crippen molar-refractivity contribution >= 4 is 109 Å². The minimum absolute atomic E-state index is 0.577. The first-order chi connectivity index (χ1) is 32.3. The molecule has 7 aromatic carbocycles. The van der Waals surface area contributed by atoms with Gasteiger partial charge in [-0.15, -0.1) is 0 Å². The van der Waals surface area contributed by atoms with E-state index in [1.54, 1.807) is 0 Å². The maximum absolute atomic E-state index is 2.65. The second-order valence-corrected chi connectivity index (χ2v) is 45.1. The maximum Gasteiger partial charge on any atom is 0.0775 e. The van der Waals surface area contributed by atoms with Crippen LogP contribution >= 0.6 is 0 Å². The van der Waals surface area contributed by atoms with Crippen molar-refractivity contribution < 1.29 is 0 Å². The summed E-state index contributed by atoms with van der Waals surface area (Å²) < 4.78 is 0. The zero-order valence-electron chi connectivity index (χ0n) is 43.8. The molecule has 0 amide bonds. The quantitative estimate of drug-likeness (QED) is 0.0684. The molecule has 2 nitrogen and oxygen atoms in total. The topological polar surface area (TPSA) is 6.48 Å². The number of hydrogen-bond acceptors (Lipinski definition) is 2. The lowest BCUT2D eigenvalue weighted by Gasteiger charge is -2.34. The molecule has 0 spiro atoms. The molecular formula is C62H80N2Si4. The summed E-state index contributed by atoms with van der Waals surface area (Å²) in [6.45, 7) is 29.6. The third-order valence-electron chi connectivity index (χ3n) is 15.7. The van der Waals surface area contributed by atoms with Crippen molar-refractivity contribution in [2.75, 3.05) is 9.80 Å². The summed E-state index contributed by atoms with van der Waals surface area (Å²) in [5, 5.41) is 11.3. The Bertz CT molecular complexity index is 2550. The van der Waals surface area contributed by atoms with E-state index in [1.165, 1.54) is 152 Å². The third kappa shape index (κ3) is 10.1. The smallest absolute Gasteiger partial charge is 0.0775 e. The molecule has 0 saturated heterocycles. The highest BCUT2D eigenvalue weighted by Gasteiger charge is 2.30. The highest BCUT2D eigenvalue weighted by Crippen LogP contribution is 2.53. The summed E-state index contributed by atoms with van der Waals surface area (Å²) in [6, 6.07) is 54.4. The minimum atomic E-state index is -1.54. The number of hydrogen-bond donors (Lipinski definition) is 0. The average molecular weight is 966 g/mol. The summed E-state index contributed by atoms with van der Waals surface area (Å²) in [7, 11) is -6.17. The monoisotopic (exact) mass is 965 g/mol. The van der Waals surface area contributed by atoms with Gasteiger partial charge in [0, 0.05) is 44.3 Å². The van der Waals surface area contributed by atoms with Crippen molar-refractivity contribution in [3.8, 4) is 0 Å². The highest BCUT2D eigenvalue weighted by atomic mass is 28.3. The van der Waals surface area contributed by atoms with Gasteiger partial charge in [-0.3, -0.25) is 0 Å². The van der Waals surface area contributed by atoms with Crippen molar-refractivity contribution in [2.45, 2.75) is 155 Å². The molecule has 2 saturated carbocycles. The van der Waals surface area contributed by atoms with Crippen molar-refractivity contribution in [1.29, 1.82) is 0 Å². The van der Waals surface area contributed by atoms with Crippen LogP contribution in [0.2, 0.25) is 78.6 Å². The molecule has 68 heavy (non-hydrogen) atoms. The van der Waals surface area contributed by atoms with Gasteiger partial charge in [-0.1, -0.05) is 211 Å². The van der Waals surface area contributed by atoms with Gasteiger partial charge in [0.1, 0.15) is 0 Å². The molecule has 9 rings (SSSR count). The third-order valence-corrected chi connectivity index (χ3v) is 23.9. The summed E-state index contributed by atoms with van der Waals surface area (Å²) >= 11 is 0. The zero-order chi connectivity index (χ0) is 48.2. The summed E-state index contributed by atoms with van der Waals surface area (Å²) in [5.74, 6) is 1.15. The standard InChI is InChI=1S/C62H80N2Si4/c1-65(2,3)53-33-25-49(26-34-53)63(50-27-35-54(36-28-50)66(4,5)6)61-57-41-23-48(46-21-17-14-18-22-46)44-60(57)62(58-42-24-47(43-59(58)61)45-19-15-13-16-20-45)64(51-29-37-55(38-30-51)67(7,8)9)52-31-39-56(40-32-52)68(10,11)12/h23-46H,13-22H2,1-12H3. The van der Waals surface area contributed by atoms with E-state index < -0.39 is 32.3 Å². The van der Waals surface area contributed by atoms with E-state index in [0.717, 1.165) is 0 Å². The van der Waals surface area contributed by atoms with E-state index in [0.29, 0.717) is 11.8 Å². The predicted molar refractivity (Wildman–Crippen MR) is 314 cm³/mol. The van der Waals surface area contributed by atoms with Crippen molar-refractivity contribution in [3.05, 3.63) is 145 Å². The lowest BCUT2D eigenvalue weighted by Crippen LogP contribution is -2.37. The Kier molecular flexibility index (Phi) is 13.6. The molecule has 0 heterocycles. The fraction of sp³-hybridized carbons (Fsp3) is 0.387. The van der Waals surface area contributed by atoms with Crippen LogP contribution in [-0.2, 0) is 0 Å². The van der Waals surface area contributed by atoms with Gasteiger partial charge in [0.05, 0.1) is 43.7 Å². The lowest BCUT2D eigenvalue weighted by molar-refractivity contribution is 0.444. The van der Waals surface area contributed by atoms with Crippen LogP contribution in [0.15, 0.2) is 133 Å². The lowest BCUT2D eigenvalue weighted by atomic mass is 9.81. The number of benzene rings is 7. The maximum atomic E-state index is 2.65.